The molecule has 3 rings (SSSR count). The number of rotatable bonds is 5. The highest BCUT2D eigenvalue weighted by molar-refractivity contribution is 7.99. The van der Waals surface area contributed by atoms with E-state index in [0.717, 1.165) is 34.5 Å². The first-order chi connectivity index (χ1) is 10.3. The van der Waals surface area contributed by atoms with E-state index < -0.39 is 0 Å². The van der Waals surface area contributed by atoms with Crippen LogP contribution in [0, 0.1) is 6.92 Å². The Bertz CT molecular complexity index is 754. The van der Waals surface area contributed by atoms with Crippen LogP contribution in [0.3, 0.4) is 0 Å². The van der Waals surface area contributed by atoms with Gasteiger partial charge < -0.3 is 5.32 Å². The van der Waals surface area contributed by atoms with E-state index in [0.29, 0.717) is 5.95 Å². The molecule has 108 valence electrons. The molecule has 0 atom stereocenters. The van der Waals surface area contributed by atoms with Gasteiger partial charge in [0.25, 0.3) is 0 Å². The Labute approximate surface area is 127 Å². The van der Waals surface area contributed by atoms with Crippen LogP contribution in [-0.2, 0) is 0 Å². The first kappa shape index (κ1) is 13.8. The van der Waals surface area contributed by atoms with E-state index >= 15 is 0 Å². The third-order valence-corrected chi connectivity index (χ3v) is 3.72. The second kappa shape index (κ2) is 6.09. The maximum absolute atomic E-state index is 4.51. The number of hydrogen-bond donors (Lipinski definition) is 1. The molecule has 0 fully saturated rings. The summed E-state index contributed by atoms with van der Waals surface area (Å²) >= 11 is 1.48. The number of hydrogen-bond acceptors (Lipinski definition) is 6. The van der Waals surface area contributed by atoms with Crippen molar-refractivity contribution in [1.29, 1.82) is 0 Å². The zero-order valence-electron chi connectivity index (χ0n) is 11.9. The molecule has 0 amide bonds. The fourth-order valence-corrected chi connectivity index (χ4v) is 2.77. The average molecular weight is 300 g/mol. The van der Waals surface area contributed by atoms with Crippen LogP contribution in [-0.4, -0.2) is 31.1 Å². The molecule has 0 aromatic carbocycles. The number of anilines is 1. The molecule has 0 unspecified atom stereocenters. The molecule has 0 spiro atoms. The van der Waals surface area contributed by atoms with Crippen molar-refractivity contribution in [3.63, 3.8) is 0 Å². The minimum absolute atomic E-state index is 0.660. The SMILES string of the molecule is CCCNc1nc(C)cc(Sc2nnc3ccccn23)n1. The predicted octanol–water partition coefficient (Wildman–Crippen LogP) is 2.80. The van der Waals surface area contributed by atoms with E-state index in [2.05, 4.69) is 32.4 Å². The third kappa shape index (κ3) is 3.13. The lowest BCUT2D eigenvalue weighted by Gasteiger charge is -2.06. The van der Waals surface area contributed by atoms with Gasteiger partial charge in [0.1, 0.15) is 5.03 Å². The maximum atomic E-state index is 4.51. The van der Waals surface area contributed by atoms with Gasteiger partial charge in [-0.1, -0.05) is 13.0 Å². The monoisotopic (exact) mass is 300 g/mol. The maximum Gasteiger partial charge on any atom is 0.223 e. The largest absolute Gasteiger partial charge is 0.354 e. The molecule has 21 heavy (non-hydrogen) atoms. The quantitative estimate of drug-likeness (QED) is 0.731. The summed E-state index contributed by atoms with van der Waals surface area (Å²) in [5, 5.41) is 13.2. The van der Waals surface area contributed by atoms with Gasteiger partial charge in [-0.3, -0.25) is 4.40 Å². The molecule has 0 aliphatic heterocycles. The second-order valence-corrected chi connectivity index (χ2v) is 5.60. The summed E-state index contributed by atoms with van der Waals surface area (Å²) in [4.78, 5) is 8.90. The Morgan fingerprint density at radius 1 is 1.24 bits per heavy atom. The summed E-state index contributed by atoms with van der Waals surface area (Å²) in [6, 6.07) is 7.78. The lowest BCUT2D eigenvalue weighted by Crippen LogP contribution is -2.05. The average Bonchev–Trinajstić information content (AvgIpc) is 2.88. The fraction of sp³-hybridized carbons (Fsp3) is 0.286. The standard InChI is InChI=1S/C14H16N6S/c1-3-7-15-13-16-10(2)9-12(17-13)21-14-19-18-11-6-4-5-8-20(11)14/h4-6,8-9H,3,7H2,1-2H3,(H,15,16,17). The summed E-state index contributed by atoms with van der Waals surface area (Å²) < 4.78 is 1.95. The van der Waals surface area contributed by atoms with E-state index in [4.69, 9.17) is 0 Å². The van der Waals surface area contributed by atoms with E-state index in [1.54, 1.807) is 0 Å². The number of nitrogens with zero attached hydrogens (tertiary/aromatic N) is 5. The number of pyridine rings is 1. The van der Waals surface area contributed by atoms with Crippen LogP contribution in [0.15, 0.2) is 40.6 Å². The summed E-state index contributed by atoms with van der Waals surface area (Å²) in [7, 11) is 0. The molecule has 1 N–H and O–H groups in total. The van der Waals surface area contributed by atoms with E-state index in [1.807, 2.05) is 41.8 Å². The molecule has 0 saturated heterocycles. The number of aromatic nitrogens is 5. The molecule has 0 aliphatic rings. The van der Waals surface area contributed by atoms with Gasteiger partial charge in [-0.15, -0.1) is 10.2 Å². The molecular formula is C14H16N6S. The van der Waals surface area contributed by atoms with Gasteiger partial charge >= 0.3 is 0 Å². The van der Waals surface area contributed by atoms with E-state index in [-0.39, 0.29) is 0 Å². The number of nitrogens with one attached hydrogen (secondary N) is 1. The molecule has 7 heteroatoms. The lowest BCUT2D eigenvalue weighted by atomic mass is 10.4. The molecule has 0 saturated carbocycles. The van der Waals surface area contributed by atoms with E-state index in [9.17, 15) is 0 Å². The lowest BCUT2D eigenvalue weighted by molar-refractivity contribution is 0.903. The smallest absolute Gasteiger partial charge is 0.223 e. The van der Waals surface area contributed by atoms with Gasteiger partial charge in [0.05, 0.1) is 0 Å². The Kier molecular flexibility index (Phi) is 4.01. The predicted molar refractivity (Wildman–Crippen MR) is 82.7 cm³/mol. The van der Waals surface area contributed by atoms with Crippen LogP contribution in [0.5, 0.6) is 0 Å². The fourth-order valence-electron chi connectivity index (χ4n) is 1.89. The van der Waals surface area contributed by atoms with Crippen molar-refractivity contribution < 1.29 is 0 Å². The summed E-state index contributed by atoms with van der Waals surface area (Å²) in [5.74, 6) is 0.660. The first-order valence-corrected chi connectivity index (χ1v) is 7.65. The highest BCUT2D eigenvalue weighted by Gasteiger charge is 2.09. The van der Waals surface area contributed by atoms with Crippen molar-refractivity contribution in [2.75, 3.05) is 11.9 Å². The van der Waals surface area contributed by atoms with E-state index in [1.165, 1.54) is 11.8 Å². The van der Waals surface area contributed by atoms with Crippen LogP contribution >= 0.6 is 11.8 Å². The Morgan fingerprint density at radius 3 is 3.00 bits per heavy atom. The summed E-state index contributed by atoms with van der Waals surface area (Å²) in [6.07, 6.45) is 2.98. The topological polar surface area (TPSA) is 68.0 Å². The van der Waals surface area contributed by atoms with Crippen molar-refractivity contribution in [2.24, 2.45) is 0 Å². The highest BCUT2D eigenvalue weighted by Crippen LogP contribution is 2.25. The molecular weight excluding hydrogens is 284 g/mol. The third-order valence-electron chi connectivity index (χ3n) is 2.84. The van der Waals surface area contributed by atoms with Crippen molar-refractivity contribution >= 4 is 23.4 Å². The number of aryl methyl sites for hydroxylation is 1. The molecule has 3 heterocycles. The molecule has 0 bridgehead atoms. The molecule has 3 aromatic rings. The number of fused-ring (bicyclic) bond motifs is 1. The minimum Gasteiger partial charge on any atom is -0.354 e. The molecule has 6 nitrogen and oxygen atoms in total. The van der Waals surface area contributed by atoms with Crippen LogP contribution in [0.25, 0.3) is 5.65 Å². The summed E-state index contributed by atoms with van der Waals surface area (Å²) in [6.45, 7) is 4.94. The van der Waals surface area contributed by atoms with Gasteiger partial charge in [0.2, 0.25) is 11.1 Å². The Hall–Kier alpha value is -2.15. The highest BCUT2D eigenvalue weighted by atomic mass is 32.2. The first-order valence-electron chi connectivity index (χ1n) is 6.83. The van der Waals surface area contributed by atoms with Crippen LogP contribution in [0.1, 0.15) is 19.0 Å². The van der Waals surface area contributed by atoms with Crippen molar-refractivity contribution in [3.05, 3.63) is 36.2 Å². The van der Waals surface area contributed by atoms with Gasteiger partial charge in [-0.05, 0) is 43.3 Å². The van der Waals surface area contributed by atoms with Crippen LogP contribution < -0.4 is 5.32 Å². The van der Waals surface area contributed by atoms with Crippen LogP contribution in [0.2, 0.25) is 0 Å². The zero-order valence-corrected chi connectivity index (χ0v) is 12.8. The Balaban J connectivity index is 1.88. The van der Waals surface area contributed by atoms with Crippen molar-refractivity contribution in [1.82, 2.24) is 24.6 Å². The minimum atomic E-state index is 0.660. The van der Waals surface area contributed by atoms with Gasteiger partial charge in [0, 0.05) is 18.4 Å². The van der Waals surface area contributed by atoms with Gasteiger partial charge in [-0.2, -0.15) is 0 Å². The molecule has 0 aliphatic carbocycles. The van der Waals surface area contributed by atoms with Crippen molar-refractivity contribution in [3.8, 4) is 0 Å². The zero-order chi connectivity index (χ0) is 14.7. The molecule has 0 radical (unpaired) electrons. The normalized spacial score (nSPS) is 11.0. The Morgan fingerprint density at radius 2 is 2.14 bits per heavy atom. The van der Waals surface area contributed by atoms with Gasteiger partial charge in [0.15, 0.2) is 5.65 Å². The molecule has 3 aromatic heterocycles. The summed E-state index contributed by atoms with van der Waals surface area (Å²) in [5.41, 5.74) is 1.76. The van der Waals surface area contributed by atoms with Gasteiger partial charge in [-0.25, -0.2) is 9.97 Å². The second-order valence-electron chi connectivity index (χ2n) is 4.61. The van der Waals surface area contributed by atoms with Crippen LogP contribution in [0.4, 0.5) is 5.95 Å². The van der Waals surface area contributed by atoms with Crippen molar-refractivity contribution in [2.45, 2.75) is 30.5 Å².